The maximum absolute atomic E-state index is 10.5. The molecule has 0 aliphatic rings. The lowest BCUT2D eigenvalue weighted by Gasteiger charge is -2.23. The zero-order chi connectivity index (χ0) is 11.5. The van der Waals surface area contributed by atoms with Gasteiger partial charge in [-0.15, -0.1) is 0 Å². The van der Waals surface area contributed by atoms with E-state index >= 15 is 0 Å². The molecule has 84 valence electrons. The monoisotopic (exact) mass is 216 g/mol. The topological polar surface area (TPSA) is 148 Å². The number of hydrogen-bond donors (Lipinski definition) is 3. The van der Waals surface area contributed by atoms with Crippen molar-refractivity contribution in [3.63, 3.8) is 0 Å². The Bertz CT molecular complexity index is 346. The number of nitrogens with two attached hydrogens (primary N) is 3. The first-order chi connectivity index (χ1) is 7.02. The van der Waals surface area contributed by atoms with Crippen molar-refractivity contribution in [2.75, 3.05) is 6.54 Å². The van der Waals surface area contributed by atoms with Gasteiger partial charge in [0.15, 0.2) is 5.72 Å². The van der Waals surface area contributed by atoms with Crippen LogP contribution in [0.2, 0.25) is 0 Å². The average molecular weight is 216 g/mol. The smallest absolute Gasteiger partial charge is 0.390 e. The van der Waals surface area contributed by atoms with Gasteiger partial charge in [-0.05, 0) is 4.92 Å². The van der Waals surface area contributed by atoms with Crippen LogP contribution in [-0.2, 0) is 11.4 Å². The van der Waals surface area contributed by atoms with Gasteiger partial charge in [0.25, 0.3) is 0 Å². The number of nitrogens with zero attached hydrogens (tertiary/aromatic N) is 3. The summed E-state index contributed by atoms with van der Waals surface area (Å²) in [5.74, 6) is 4.61. The largest absolute Gasteiger partial charge is 0.434 e. The summed E-state index contributed by atoms with van der Waals surface area (Å²) in [7, 11) is 0. The Morgan fingerprint density at radius 1 is 1.73 bits per heavy atom. The molecule has 0 saturated heterocycles. The summed E-state index contributed by atoms with van der Waals surface area (Å²) in [6.45, 7) is -0.116. The SMILES string of the molecule is NCC(N)(Cn1ccnc1[N+](=O)[O-])ON. The van der Waals surface area contributed by atoms with E-state index in [4.69, 9.17) is 17.4 Å². The van der Waals surface area contributed by atoms with Crippen LogP contribution >= 0.6 is 0 Å². The molecule has 0 radical (unpaired) electrons. The van der Waals surface area contributed by atoms with Crippen LogP contribution < -0.4 is 17.4 Å². The minimum Gasteiger partial charge on any atom is -0.390 e. The summed E-state index contributed by atoms with van der Waals surface area (Å²) in [4.78, 5) is 17.9. The summed E-state index contributed by atoms with van der Waals surface area (Å²) < 4.78 is 1.21. The van der Waals surface area contributed by atoms with E-state index in [0.717, 1.165) is 0 Å². The zero-order valence-corrected chi connectivity index (χ0v) is 7.87. The van der Waals surface area contributed by atoms with Crippen LogP contribution in [0, 0.1) is 10.1 Å². The predicted molar refractivity (Wildman–Crippen MR) is 50.1 cm³/mol. The second kappa shape index (κ2) is 4.31. The molecule has 0 spiro atoms. The molecule has 1 aromatic rings. The van der Waals surface area contributed by atoms with Crippen molar-refractivity contribution in [3.8, 4) is 0 Å². The van der Waals surface area contributed by atoms with E-state index in [1.807, 2.05) is 0 Å². The number of aromatic nitrogens is 2. The highest BCUT2D eigenvalue weighted by Gasteiger charge is 2.29. The van der Waals surface area contributed by atoms with Gasteiger partial charge >= 0.3 is 5.95 Å². The maximum Gasteiger partial charge on any atom is 0.434 e. The van der Waals surface area contributed by atoms with E-state index in [2.05, 4.69) is 9.82 Å². The van der Waals surface area contributed by atoms with Gasteiger partial charge in [0, 0.05) is 6.54 Å². The highest BCUT2D eigenvalue weighted by Crippen LogP contribution is 2.11. The molecule has 1 unspecified atom stereocenters. The first kappa shape index (κ1) is 11.5. The van der Waals surface area contributed by atoms with Crippen LogP contribution in [-0.4, -0.2) is 26.7 Å². The third kappa shape index (κ3) is 2.47. The summed E-state index contributed by atoms with van der Waals surface area (Å²) in [5, 5.41) is 10.5. The van der Waals surface area contributed by atoms with Crippen LogP contribution in [0.4, 0.5) is 5.95 Å². The van der Waals surface area contributed by atoms with Crippen molar-refractivity contribution in [1.29, 1.82) is 0 Å². The van der Waals surface area contributed by atoms with Crippen molar-refractivity contribution < 1.29 is 9.76 Å². The molecule has 9 heteroatoms. The van der Waals surface area contributed by atoms with Crippen LogP contribution in [0.15, 0.2) is 12.4 Å². The lowest BCUT2D eigenvalue weighted by molar-refractivity contribution is -0.397. The first-order valence-corrected chi connectivity index (χ1v) is 4.05. The second-order valence-corrected chi connectivity index (χ2v) is 3.00. The molecular formula is C6H12N6O3. The van der Waals surface area contributed by atoms with Gasteiger partial charge < -0.3 is 15.8 Å². The highest BCUT2D eigenvalue weighted by atomic mass is 16.6. The van der Waals surface area contributed by atoms with Crippen LogP contribution in [0.3, 0.4) is 0 Å². The molecule has 1 atom stereocenters. The molecule has 1 aromatic heterocycles. The number of imidazole rings is 1. The Kier molecular flexibility index (Phi) is 3.31. The van der Waals surface area contributed by atoms with Crippen LogP contribution in [0.25, 0.3) is 0 Å². The fourth-order valence-electron chi connectivity index (χ4n) is 1.04. The molecule has 0 aliphatic heterocycles. The van der Waals surface area contributed by atoms with Gasteiger partial charge in [0.2, 0.25) is 0 Å². The van der Waals surface area contributed by atoms with Crippen LogP contribution in [0.1, 0.15) is 0 Å². The summed E-state index contributed by atoms with van der Waals surface area (Å²) in [5.41, 5.74) is 9.60. The molecule has 1 rings (SSSR count). The van der Waals surface area contributed by atoms with E-state index in [0.29, 0.717) is 0 Å². The van der Waals surface area contributed by atoms with Crippen molar-refractivity contribution in [1.82, 2.24) is 9.55 Å². The molecule has 15 heavy (non-hydrogen) atoms. The van der Waals surface area contributed by atoms with Crippen molar-refractivity contribution in [2.45, 2.75) is 12.3 Å². The standard InChI is InChI=1S/C6H12N6O3/c7-3-6(8,15-9)4-11-2-1-10-5(11)12(13)14/h1-2H,3-4,7-9H2. The van der Waals surface area contributed by atoms with Gasteiger partial charge in [-0.3, -0.25) is 10.6 Å². The van der Waals surface area contributed by atoms with E-state index in [9.17, 15) is 10.1 Å². The van der Waals surface area contributed by atoms with Gasteiger partial charge in [-0.25, -0.2) is 10.5 Å². The second-order valence-electron chi connectivity index (χ2n) is 3.00. The number of hydrogen-bond acceptors (Lipinski definition) is 7. The fraction of sp³-hybridized carbons (Fsp3) is 0.500. The molecule has 9 nitrogen and oxygen atoms in total. The molecule has 6 N–H and O–H groups in total. The first-order valence-electron chi connectivity index (χ1n) is 4.05. The molecule has 0 saturated carbocycles. The molecule has 1 heterocycles. The summed E-state index contributed by atoms with van der Waals surface area (Å²) in [6.07, 6.45) is 2.68. The Morgan fingerprint density at radius 3 is 2.87 bits per heavy atom. The number of nitro groups is 1. The summed E-state index contributed by atoms with van der Waals surface area (Å²) in [6, 6.07) is 0. The normalized spacial score (nSPS) is 14.9. The fourth-order valence-corrected chi connectivity index (χ4v) is 1.04. The summed E-state index contributed by atoms with van der Waals surface area (Å²) >= 11 is 0. The Labute approximate surface area is 84.9 Å². The van der Waals surface area contributed by atoms with E-state index in [1.54, 1.807) is 0 Å². The Morgan fingerprint density at radius 2 is 2.40 bits per heavy atom. The van der Waals surface area contributed by atoms with Gasteiger partial charge in [0.05, 0.1) is 0 Å². The van der Waals surface area contributed by atoms with Crippen molar-refractivity contribution in [3.05, 3.63) is 22.5 Å². The van der Waals surface area contributed by atoms with Gasteiger partial charge in [-0.1, -0.05) is 4.98 Å². The van der Waals surface area contributed by atoms with E-state index in [-0.39, 0.29) is 19.0 Å². The third-order valence-electron chi connectivity index (χ3n) is 1.88. The predicted octanol–water partition coefficient (Wildman–Crippen LogP) is -1.70. The van der Waals surface area contributed by atoms with E-state index < -0.39 is 10.6 Å². The number of rotatable bonds is 5. The van der Waals surface area contributed by atoms with Crippen LogP contribution in [0.5, 0.6) is 0 Å². The molecular weight excluding hydrogens is 204 g/mol. The van der Waals surface area contributed by atoms with Gasteiger partial charge in [-0.2, -0.15) is 0 Å². The van der Waals surface area contributed by atoms with Crippen molar-refractivity contribution >= 4 is 5.95 Å². The molecule has 0 amide bonds. The van der Waals surface area contributed by atoms with Crippen molar-refractivity contribution in [2.24, 2.45) is 17.4 Å². The molecule has 0 bridgehead atoms. The maximum atomic E-state index is 10.5. The minimum absolute atomic E-state index is 0.0453. The quantitative estimate of drug-likeness (QED) is 0.301. The van der Waals surface area contributed by atoms with E-state index in [1.165, 1.54) is 17.0 Å². The average Bonchev–Trinajstić information content (AvgIpc) is 2.65. The lowest BCUT2D eigenvalue weighted by Crippen LogP contribution is -2.54. The molecule has 0 fully saturated rings. The lowest BCUT2D eigenvalue weighted by atomic mass is 10.2. The molecule has 0 aromatic carbocycles. The minimum atomic E-state index is -1.34. The zero-order valence-electron chi connectivity index (χ0n) is 7.87. The molecule has 0 aliphatic carbocycles. The third-order valence-corrected chi connectivity index (χ3v) is 1.88. The Balaban J connectivity index is 2.88. The highest BCUT2D eigenvalue weighted by molar-refractivity contribution is 5.07. The Hall–Kier alpha value is -1.55. The van der Waals surface area contributed by atoms with Gasteiger partial charge in [0.1, 0.15) is 18.9 Å².